The normalized spacial score (nSPS) is 10.9. The van der Waals surface area contributed by atoms with Crippen molar-refractivity contribution in [1.29, 1.82) is 0 Å². The van der Waals surface area contributed by atoms with Crippen LogP contribution in [0, 0.1) is 6.92 Å². The molecule has 4 rings (SSSR count). The first-order valence-corrected chi connectivity index (χ1v) is 9.50. The highest BCUT2D eigenvalue weighted by atomic mass is 35.5. The van der Waals surface area contributed by atoms with E-state index in [2.05, 4.69) is 0 Å². The van der Waals surface area contributed by atoms with Crippen LogP contribution >= 0.6 is 23.2 Å². The lowest BCUT2D eigenvalue weighted by atomic mass is 10.1. The molecule has 0 fully saturated rings. The molecule has 4 aromatic rings. The minimum absolute atomic E-state index is 0.148. The lowest BCUT2D eigenvalue weighted by Crippen LogP contribution is -2.16. The molecule has 6 heteroatoms. The van der Waals surface area contributed by atoms with E-state index in [0.29, 0.717) is 16.2 Å². The molecule has 1 aromatic heterocycles. The van der Waals surface area contributed by atoms with Crippen molar-refractivity contribution >= 4 is 40.1 Å². The number of aryl methyl sites for hydroxylation is 1. The standard InChI is InChI=1S/C23H14Cl2O4/c1-13-6-8-14(9-7-13)21-22(29-23(27)16-4-2-3-5-18(16)25)20(26)17-12-15(24)10-11-19(17)28-21/h2-12H,1H3. The number of halogens is 2. The molecule has 144 valence electrons. The van der Waals surface area contributed by atoms with Crippen molar-refractivity contribution in [2.24, 2.45) is 0 Å². The Balaban J connectivity index is 1.92. The molecule has 0 saturated carbocycles. The fraction of sp³-hybridized carbons (Fsp3) is 0.0435. The number of hydrogen-bond acceptors (Lipinski definition) is 4. The van der Waals surface area contributed by atoms with Crippen molar-refractivity contribution in [2.75, 3.05) is 0 Å². The second-order valence-corrected chi connectivity index (χ2v) is 7.31. The van der Waals surface area contributed by atoms with Crippen LogP contribution in [0.15, 0.2) is 75.9 Å². The third-order valence-corrected chi connectivity index (χ3v) is 4.98. The predicted octanol–water partition coefficient (Wildman–Crippen LogP) is 6.29. The molecule has 0 bridgehead atoms. The van der Waals surface area contributed by atoms with Gasteiger partial charge in [0.25, 0.3) is 0 Å². The van der Waals surface area contributed by atoms with Crippen LogP contribution in [0.25, 0.3) is 22.3 Å². The fourth-order valence-electron chi connectivity index (χ4n) is 2.91. The van der Waals surface area contributed by atoms with E-state index in [4.69, 9.17) is 32.4 Å². The van der Waals surface area contributed by atoms with Crippen molar-refractivity contribution in [3.05, 3.63) is 98.1 Å². The third kappa shape index (κ3) is 3.77. The van der Waals surface area contributed by atoms with E-state index in [0.717, 1.165) is 5.56 Å². The summed E-state index contributed by atoms with van der Waals surface area (Å²) in [6.07, 6.45) is 0. The van der Waals surface area contributed by atoms with Gasteiger partial charge in [0.2, 0.25) is 11.2 Å². The molecule has 0 aliphatic carbocycles. The number of fused-ring (bicyclic) bond motifs is 1. The molecule has 0 unspecified atom stereocenters. The van der Waals surface area contributed by atoms with Gasteiger partial charge in [-0.15, -0.1) is 0 Å². The Hall–Kier alpha value is -3.08. The van der Waals surface area contributed by atoms with Crippen LogP contribution in [-0.2, 0) is 0 Å². The summed E-state index contributed by atoms with van der Waals surface area (Å²) in [5.41, 5.74) is 1.64. The Morgan fingerprint density at radius 1 is 0.966 bits per heavy atom. The number of carbonyl (C=O) groups is 1. The monoisotopic (exact) mass is 424 g/mol. The van der Waals surface area contributed by atoms with Gasteiger partial charge in [0.05, 0.1) is 16.0 Å². The summed E-state index contributed by atoms with van der Waals surface area (Å²) in [6.45, 7) is 1.95. The maximum Gasteiger partial charge on any atom is 0.345 e. The minimum atomic E-state index is -0.752. The first kappa shape index (κ1) is 19.2. The smallest absolute Gasteiger partial charge is 0.345 e. The first-order valence-electron chi connectivity index (χ1n) is 8.74. The second-order valence-electron chi connectivity index (χ2n) is 6.47. The van der Waals surface area contributed by atoms with Crippen LogP contribution in [0.4, 0.5) is 0 Å². The topological polar surface area (TPSA) is 56.5 Å². The molecule has 0 saturated heterocycles. The van der Waals surface area contributed by atoms with Crippen molar-refractivity contribution < 1.29 is 13.9 Å². The van der Waals surface area contributed by atoms with Crippen molar-refractivity contribution in [3.63, 3.8) is 0 Å². The summed E-state index contributed by atoms with van der Waals surface area (Å²) in [7, 11) is 0. The molecule has 3 aromatic carbocycles. The molecule has 0 atom stereocenters. The lowest BCUT2D eigenvalue weighted by molar-refractivity contribution is 0.0731. The Morgan fingerprint density at radius 2 is 1.69 bits per heavy atom. The lowest BCUT2D eigenvalue weighted by Gasteiger charge is -2.11. The number of esters is 1. The van der Waals surface area contributed by atoms with Gasteiger partial charge < -0.3 is 9.15 Å². The molecule has 1 heterocycles. The van der Waals surface area contributed by atoms with E-state index >= 15 is 0 Å². The summed E-state index contributed by atoms with van der Waals surface area (Å²) in [5.74, 6) is -0.809. The predicted molar refractivity (Wildman–Crippen MR) is 114 cm³/mol. The highest BCUT2D eigenvalue weighted by Crippen LogP contribution is 2.32. The van der Waals surface area contributed by atoms with Gasteiger partial charge in [0.1, 0.15) is 5.58 Å². The van der Waals surface area contributed by atoms with Crippen LogP contribution in [0.1, 0.15) is 15.9 Å². The molecule has 0 radical (unpaired) electrons. The zero-order valence-electron chi connectivity index (χ0n) is 15.2. The molecule has 0 aliphatic rings. The first-order chi connectivity index (χ1) is 13.9. The summed E-state index contributed by atoms with van der Waals surface area (Å²) in [5, 5.41) is 0.814. The highest BCUT2D eigenvalue weighted by Gasteiger charge is 2.22. The molecule has 29 heavy (non-hydrogen) atoms. The van der Waals surface area contributed by atoms with Gasteiger partial charge in [-0.05, 0) is 37.3 Å². The summed E-state index contributed by atoms with van der Waals surface area (Å²) in [6, 6.07) is 18.5. The average Bonchev–Trinajstić information content (AvgIpc) is 2.71. The highest BCUT2D eigenvalue weighted by molar-refractivity contribution is 6.33. The van der Waals surface area contributed by atoms with Gasteiger partial charge in [0.15, 0.2) is 5.76 Å². The van der Waals surface area contributed by atoms with E-state index in [1.807, 2.05) is 19.1 Å². The van der Waals surface area contributed by atoms with Crippen LogP contribution in [0.2, 0.25) is 10.0 Å². The summed E-state index contributed by atoms with van der Waals surface area (Å²) in [4.78, 5) is 25.9. The number of ether oxygens (including phenoxy) is 1. The Kier molecular flexibility index (Phi) is 5.14. The van der Waals surface area contributed by atoms with Gasteiger partial charge >= 0.3 is 5.97 Å². The van der Waals surface area contributed by atoms with E-state index in [9.17, 15) is 9.59 Å². The Morgan fingerprint density at radius 3 is 2.41 bits per heavy atom. The van der Waals surface area contributed by atoms with E-state index in [1.165, 1.54) is 12.1 Å². The Bertz CT molecular complexity index is 1290. The number of rotatable bonds is 3. The maximum absolute atomic E-state index is 13.2. The fourth-order valence-corrected chi connectivity index (χ4v) is 3.30. The van der Waals surface area contributed by atoms with Gasteiger partial charge in [-0.2, -0.15) is 0 Å². The van der Waals surface area contributed by atoms with Crippen molar-refractivity contribution in [1.82, 2.24) is 0 Å². The number of benzene rings is 3. The molecule has 4 nitrogen and oxygen atoms in total. The van der Waals surface area contributed by atoms with Crippen molar-refractivity contribution in [3.8, 4) is 17.1 Å². The van der Waals surface area contributed by atoms with Gasteiger partial charge in [-0.1, -0.05) is 65.2 Å². The third-order valence-electron chi connectivity index (χ3n) is 4.41. The number of carbonyl (C=O) groups excluding carboxylic acids is 1. The van der Waals surface area contributed by atoms with E-state index in [1.54, 1.807) is 42.5 Å². The van der Waals surface area contributed by atoms with Crippen LogP contribution in [0.3, 0.4) is 0 Å². The van der Waals surface area contributed by atoms with E-state index in [-0.39, 0.29) is 27.5 Å². The largest absolute Gasteiger partial charge is 0.452 e. The number of hydrogen-bond donors (Lipinski definition) is 0. The molecule has 0 N–H and O–H groups in total. The molecule has 0 amide bonds. The van der Waals surface area contributed by atoms with Gasteiger partial charge in [0, 0.05) is 10.6 Å². The molecular weight excluding hydrogens is 411 g/mol. The molecule has 0 aliphatic heterocycles. The average molecular weight is 425 g/mol. The second kappa shape index (κ2) is 7.74. The van der Waals surface area contributed by atoms with Gasteiger partial charge in [-0.25, -0.2) is 4.79 Å². The summed E-state index contributed by atoms with van der Waals surface area (Å²) < 4.78 is 11.5. The SMILES string of the molecule is Cc1ccc(-c2oc3ccc(Cl)cc3c(=O)c2OC(=O)c2ccccc2Cl)cc1. The zero-order valence-corrected chi connectivity index (χ0v) is 16.8. The molecule has 0 spiro atoms. The van der Waals surface area contributed by atoms with Crippen LogP contribution in [0.5, 0.6) is 5.75 Å². The van der Waals surface area contributed by atoms with Crippen LogP contribution < -0.4 is 10.2 Å². The minimum Gasteiger partial charge on any atom is -0.452 e. The zero-order chi connectivity index (χ0) is 20.5. The quantitative estimate of drug-likeness (QED) is 0.362. The summed E-state index contributed by atoms with van der Waals surface area (Å²) >= 11 is 12.1. The molecular formula is C23H14Cl2O4. The van der Waals surface area contributed by atoms with E-state index < -0.39 is 11.4 Å². The van der Waals surface area contributed by atoms with Gasteiger partial charge in [-0.3, -0.25) is 4.79 Å². The Labute approximate surface area is 176 Å². The van der Waals surface area contributed by atoms with Crippen molar-refractivity contribution in [2.45, 2.75) is 6.92 Å². The maximum atomic E-state index is 13.2. The van der Waals surface area contributed by atoms with Crippen LogP contribution in [-0.4, -0.2) is 5.97 Å².